The van der Waals surface area contributed by atoms with Gasteiger partial charge in [0.1, 0.15) is 18.1 Å². The molecule has 0 aliphatic carbocycles. The van der Waals surface area contributed by atoms with Crippen molar-refractivity contribution in [2.75, 3.05) is 12.0 Å². The first-order valence-electron chi connectivity index (χ1n) is 10.2. The number of nitrogens with two attached hydrogens (primary N) is 3. The molecule has 0 saturated heterocycles. The molecule has 14 heteroatoms. The Morgan fingerprint density at radius 2 is 1.30 bits per heavy atom. The highest BCUT2D eigenvalue weighted by Crippen LogP contribution is 2.08. The maximum Gasteiger partial charge on any atom is 0.326 e. The predicted octanol–water partition coefficient (Wildman–Crippen LogP) is -2.60. The van der Waals surface area contributed by atoms with Crippen LogP contribution in [0.3, 0.4) is 0 Å². The molecular formula is C19H34N6O7S. The van der Waals surface area contributed by atoms with Crippen molar-refractivity contribution in [1.29, 1.82) is 0 Å². The molecule has 0 aromatic carbocycles. The summed E-state index contributed by atoms with van der Waals surface area (Å²) in [6.07, 6.45) is 1.05. The number of carbonyl (C=O) groups is 6. The van der Waals surface area contributed by atoms with E-state index in [9.17, 15) is 33.9 Å². The van der Waals surface area contributed by atoms with Crippen molar-refractivity contribution in [3.8, 4) is 0 Å². The van der Waals surface area contributed by atoms with Gasteiger partial charge in [-0.1, -0.05) is 13.8 Å². The van der Waals surface area contributed by atoms with E-state index in [0.29, 0.717) is 5.75 Å². The molecule has 0 bridgehead atoms. The molecular weight excluding hydrogens is 456 g/mol. The summed E-state index contributed by atoms with van der Waals surface area (Å²) in [5.74, 6) is -5.05. The van der Waals surface area contributed by atoms with Crippen LogP contribution in [0.5, 0.6) is 0 Å². The molecule has 4 unspecified atom stereocenters. The number of thioether (sulfide) groups is 1. The van der Waals surface area contributed by atoms with E-state index in [1.54, 1.807) is 20.1 Å². The van der Waals surface area contributed by atoms with Gasteiger partial charge in [0, 0.05) is 0 Å². The third-order valence-electron chi connectivity index (χ3n) is 4.36. The quantitative estimate of drug-likeness (QED) is 0.120. The average molecular weight is 491 g/mol. The topological polar surface area (TPSA) is 237 Å². The van der Waals surface area contributed by atoms with Gasteiger partial charge < -0.3 is 38.3 Å². The van der Waals surface area contributed by atoms with Crippen molar-refractivity contribution in [1.82, 2.24) is 16.0 Å². The molecule has 188 valence electrons. The molecule has 0 aromatic rings. The summed E-state index contributed by atoms with van der Waals surface area (Å²) >= 11 is 1.40. The first-order chi connectivity index (χ1) is 15.3. The van der Waals surface area contributed by atoms with Gasteiger partial charge in [-0.05, 0) is 30.8 Å². The van der Waals surface area contributed by atoms with Crippen LogP contribution in [-0.4, -0.2) is 76.8 Å². The highest BCUT2D eigenvalue weighted by molar-refractivity contribution is 7.98. The van der Waals surface area contributed by atoms with Crippen LogP contribution in [0.15, 0.2) is 0 Å². The van der Waals surface area contributed by atoms with Gasteiger partial charge >= 0.3 is 5.97 Å². The predicted molar refractivity (Wildman–Crippen MR) is 121 cm³/mol. The van der Waals surface area contributed by atoms with Gasteiger partial charge in [-0.3, -0.25) is 24.0 Å². The second kappa shape index (κ2) is 15.1. The van der Waals surface area contributed by atoms with Crippen molar-refractivity contribution in [3.05, 3.63) is 0 Å². The summed E-state index contributed by atoms with van der Waals surface area (Å²) in [6.45, 7) is 3.60. The molecule has 0 spiro atoms. The van der Waals surface area contributed by atoms with Gasteiger partial charge in [-0.15, -0.1) is 0 Å². The number of aliphatic carboxylic acids is 1. The molecule has 0 radical (unpaired) electrons. The summed E-state index contributed by atoms with van der Waals surface area (Å²) < 4.78 is 0. The maximum absolute atomic E-state index is 12.8. The van der Waals surface area contributed by atoms with E-state index in [0.717, 1.165) is 0 Å². The van der Waals surface area contributed by atoms with E-state index in [-0.39, 0.29) is 18.8 Å². The molecule has 10 N–H and O–H groups in total. The van der Waals surface area contributed by atoms with Crippen LogP contribution in [0, 0.1) is 5.92 Å². The molecule has 0 aliphatic heterocycles. The Balaban J connectivity index is 5.49. The van der Waals surface area contributed by atoms with Crippen molar-refractivity contribution in [2.24, 2.45) is 23.1 Å². The summed E-state index contributed by atoms with van der Waals surface area (Å²) in [5.41, 5.74) is 15.7. The maximum atomic E-state index is 12.8. The number of rotatable bonds is 16. The second-order valence-corrected chi connectivity index (χ2v) is 8.87. The number of hydrogen-bond donors (Lipinski definition) is 7. The number of amides is 5. The summed E-state index contributed by atoms with van der Waals surface area (Å²) in [4.78, 5) is 71.5. The second-order valence-electron chi connectivity index (χ2n) is 7.88. The number of nitrogens with one attached hydrogen (secondary N) is 3. The Kier molecular flexibility index (Phi) is 13.7. The fourth-order valence-electron chi connectivity index (χ4n) is 2.74. The molecule has 0 heterocycles. The molecule has 4 atom stereocenters. The minimum Gasteiger partial charge on any atom is -0.480 e. The van der Waals surface area contributed by atoms with Crippen LogP contribution in [-0.2, 0) is 28.8 Å². The number of carbonyl (C=O) groups excluding carboxylic acids is 5. The zero-order valence-electron chi connectivity index (χ0n) is 19.0. The summed E-state index contributed by atoms with van der Waals surface area (Å²) in [5, 5.41) is 16.4. The van der Waals surface area contributed by atoms with Crippen LogP contribution in [0.25, 0.3) is 0 Å². The van der Waals surface area contributed by atoms with E-state index >= 15 is 0 Å². The van der Waals surface area contributed by atoms with E-state index in [1.165, 1.54) is 11.8 Å². The largest absolute Gasteiger partial charge is 0.480 e. The molecule has 0 aliphatic rings. The minimum absolute atomic E-state index is 0.00888. The zero-order valence-corrected chi connectivity index (χ0v) is 19.8. The van der Waals surface area contributed by atoms with Crippen LogP contribution in [0.4, 0.5) is 0 Å². The molecule has 33 heavy (non-hydrogen) atoms. The van der Waals surface area contributed by atoms with E-state index in [1.807, 2.05) is 0 Å². The third-order valence-corrected chi connectivity index (χ3v) is 5.01. The minimum atomic E-state index is -1.47. The Bertz CT molecular complexity index is 733. The monoisotopic (exact) mass is 490 g/mol. The first kappa shape index (κ1) is 30.1. The highest BCUT2D eigenvalue weighted by atomic mass is 32.2. The van der Waals surface area contributed by atoms with Crippen LogP contribution in [0.2, 0.25) is 0 Å². The molecule has 5 amide bonds. The molecule has 0 aromatic heterocycles. The molecule has 0 fully saturated rings. The van der Waals surface area contributed by atoms with E-state index < -0.39 is 72.5 Å². The van der Waals surface area contributed by atoms with Crippen LogP contribution in [0.1, 0.15) is 39.5 Å². The average Bonchev–Trinajstić information content (AvgIpc) is 2.68. The Morgan fingerprint density at radius 1 is 0.818 bits per heavy atom. The lowest BCUT2D eigenvalue weighted by Gasteiger charge is -2.25. The summed E-state index contributed by atoms with van der Waals surface area (Å²) in [6, 6.07) is -5.11. The van der Waals surface area contributed by atoms with Gasteiger partial charge in [-0.25, -0.2) is 4.79 Å². The zero-order chi connectivity index (χ0) is 25.7. The van der Waals surface area contributed by atoms with Gasteiger partial charge in [-0.2, -0.15) is 11.8 Å². The van der Waals surface area contributed by atoms with Crippen molar-refractivity contribution < 1.29 is 33.9 Å². The van der Waals surface area contributed by atoms with Crippen LogP contribution < -0.4 is 33.2 Å². The Labute approximate surface area is 196 Å². The van der Waals surface area contributed by atoms with Crippen molar-refractivity contribution >= 4 is 47.3 Å². The fraction of sp³-hybridized carbons (Fsp3) is 0.684. The van der Waals surface area contributed by atoms with Gasteiger partial charge in [0.15, 0.2) is 0 Å². The standard InChI is InChI=1S/C19H34N6O7S/c1-9(2)6-13(19(31)32)25-17(29)11(4-5-33-3)23-18(30)12(8-15(22)27)24-16(28)10(20)7-14(21)26/h9-13H,4-8,20H2,1-3H3,(H2,21,26)(H2,22,27)(H,23,30)(H,24,28)(H,25,29)(H,31,32). The Morgan fingerprint density at radius 3 is 1.76 bits per heavy atom. The Hall–Kier alpha value is -2.87. The lowest BCUT2D eigenvalue weighted by Crippen LogP contribution is -2.58. The normalized spacial score (nSPS) is 14.5. The number of hydrogen-bond acceptors (Lipinski definition) is 8. The van der Waals surface area contributed by atoms with Gasteiger partial charge in [0.2, 0.25) is 29.5 Å². The number of carboxylic acid groups (broad SMARTS) is 1. The van der Waals surface area contributed by atoms with Gasteiger partial charge in [0.05, 0.1) is 18.9 Å². The fourth-order valence-corrected chi connectivity index (χ4v) is 3.21. The molecule has 0 rings (SSSR count). The smallest absolute Gasteiger partial charge is 0.326 e. The lowest BCUT2D eigenvalue weighted by atomic mass is 10.0. The van der Waals surface area contributed by atoms with E-state index in [2.05, 4.69) is 16.0 Å². The van der Waals surface area contributed by atoms with Crippen molar-refractivity contribution in [3.63, 3.8) is 0 Å². The number of carboxylic acids is 1. The summed E-state index contributed by atoms with van der Waals surface area (Å²) in [7, 11) is 0. The van der Waals surface area contributed by atoms with Crippen LogP contribution >= 0.6 is 11.8 Å². The third kappa shape index (κ3) is 12.7. The van der Waals surface area contributed by atoms with E-state index in [4.69, 9.17) is 17.2 Å². The number of primary amides is 2. The lowest BCUT2D eigenvalue weighted by molar-refractivity contribution is -0.143. The highest BCUT2D eigenvalue weighted by Gasteiger charge is 2.31. The SMILES string of the molecule is CSCCC(NC(=O)C(CC(N)=O)NC(=O)C(N)CC(N)=O)C(=O)NC(CC(C)C)C(=O)O. The van der Waals surface area contributed by atoms with Gasteiger partial charge in [0.25, 0.3) is 0 Å². The molecule has 13 nitrogen and oxygen atoms in total. The first-order valence-corrected chi connectivity index (χ1v) is 11.6. The van der Waals surface area contributed by atoms with Crippen molar-refractivity contribution in [2.45, 2.75) is 63.7 Å². The molecule has 0 saturated carbocycles.